The van der Waals surface area contributed by atoms with Crippen LogP contribution >= 0.6 is 11.3 Å². The van der Waals surface area contributed by atoms with E-state index in [-0.39, 0.29) is 46.6 Å². The second-order valence-corrected chi connectivity index (χ2v) is 18.8. The minimum Gasteiger partial charge on any atom is -0.444 e. The molecule has 2 N–H and O–H groups in total. The Bertz CT molecular complexity index is 2250. The number of alkyl carbamates (subject to hydrolysis) is 2. The van der Waals surface area contributed by atoms with Crippen molar-refractivity contribution in [1.29, 1.82) is 0 Å². The number of carbonyl (C=O) groups is 4. The first-order valence-corrected chi connectivity index (χ1v) is 20.2. The summed E-state index contributed by atoms with van der Waals surface area (Å²) in [5.41, 5.74) is 0.834. The monoisotopic (exact) mass is 873 g/mol. The number of carbonyl (C=O) groups excluding carboxylic acids is 8. The first kappa shape index (κ1) is 51.6. The molecule has 2 aromatic carbocycles. The molecule has 0 aliphatic carbocycles. The van der Waals surface area contributed by atoms with Gasteiger partial charge < -0.3 is 19.1 Å². The summed E-state index contributed by atoms with van der Waals surface area (Å²) in [4.78, 5) is 96.8. The van der Waals surface area contributed by atoms with Gasteiger partial charge in [-0.05, 0) is 125 Å². The number of ether oxygens (including phenoxy) is 3. The van der Waals surface area contributed by atoms with Gasteiger partial charge in [0.25, 0.3) is 5.91 Å². The van der Waals surface area contributed by atoms with Gasteiger partial charge in [-0.2, -0.15) is 19.2 Å². The maximum absolute atomic E-state index is 14.1. The van der Waals surface area contributed by atoms with Crippen molar-refractivity contribution in [3.05, 3.63) is 87.7 Å². The van der Waals surface area contributed by atoms with Crippen LogP contribution in [0.15, 0.2) is 71.0 Å². The second kappa shape index (κ2) is 21.8. The Kier molecular flexibility index (Phi) is 18.2. The Morgan fingerprint density at radius 3 is 1.76 bits per heavy atom. The lowest BCUT2D eigenvalue weighted by Crippen LogP contribution is -2.47. The number of aliphatic imine (C=N–C) groups is 1. The zero-order valence-electron chi connectivity index (χ0n) is 37.4. The van der Waals surface area contributed by atoms with Crippen LogP contribution in [0.2, 0.25) is 0 Å². The largest absolute Gasteiger partial charge is 0.444 e. The molecule has 2 aromatic heterocycles. The van der Waals surface area contributed by atoms with E-state index in [9.17, 15) is 19.2 Å². The number of nitrogens with zero attached hydrogens (tertiary/aromatic N) is 3. The molecule has 4 aromatic rings. The average molecular weight is 874 g/mol. The van der Waals surface area contributed by atoms with Gasteiger partial charge in [0, 0.05) is 22.8 Å². The Hall–Kier alpha value is -6.54. The first-order valence-electron chi connectivity index (χ1n) is 19.3. The van der Waals surface area contributed by atoms with Crippen molar-refractivity contribution in [2.75, 3.05) is 0 Å². The molecule has 332 valence electrons. The number of aromatic nitrogens is 1. The van der Waals surface area contributed by atoms with E-state index in [4.69, 9.17) is 38.4 Å². The Morgan fingerprint density at radius 2 is 1.29 bits per heavy atom. The minimum absolute atomic E-state index is 0.0254. The number of amides is 3. The van der Waals surface area contributed by atoms with Crippen LogP contribution in [0.1, 0.15) is 121 Å². The molecule has 0 spiro atoms. The van der Waals surface area contributed by atoms with Gasteiger partial charge >= 0.3 is 30.5 Å². The molecule has 0 fully saturated rings. The summed E-state index contributed by atoms with van der Waals surface area (Å²) < 4.78 is 16.3. The number of hydrogen-bond acceptors (Lipinski definition) is 14. The standard InChI is InChI=1S/C43H55N5O7S.2CO2/c1-26(40(2,3)4)48(24-27-22-34(56-25-27)41(5,6)7)35(49)33-20-16-29-23-31(19-21-32(29)45-33)53-36(50)28-14-17-30(18-15-28)44-37(46-38(51)54-42(8,9)10)47-39(52)55-43(11,12)13;2*2-1-3/h14-23,25-26H,24H2,1-13H3,(H2,44,46,47,51,52);;/t26-;;/m0../s1. The normalized spacial score (nSPS) is 11.7. The molecule has 17 heteroatoms. The molecule has 62 heavy (non-hydrogen) atoms. The molecule has 2 heterocycles. The van der Waals surface area contributed by atoms with Crippen LogP contribution in [0.5, 0.6) is 5.75 Å². The summed E-state index contributed by atoms with van der Waals surface area (Å²) in [6.07, 6.45) is -1.16. The number of thiophene rings is 1. The molecular weight excluding hydrogens is 819 g/mol. The molecule has 1 atom stereocenters. The molecule has 0 radical (unpaired) electrons. The third-order valence-corrected chi connectivity index (χ3v) is 9.81. The number of esters is 1. The summed E-state index contributed by atoms with van der Waals surface area (Å²) in [7, 11) is 0. The smallest absolute Gasteiger partial charge is 0.414 e. The van der Waals surface area contributed by atoms with Gasteiger partial charge in [0.05, 0.1) is 16.8 Å². The predicted octanol–water partition coefficient (Wildman–Crippen LogP) is 8.76. The van der Waals surface area contributed by atoms with E-state index in [1.165, 1.54) is 29.1 Å². The summed E-state index contributed by atoms with van der Waals surface area (Å²) >= 11 is 1.71. The van der Waals surface area contributed by atoms with Crippen molar-refractivity contribution in [2.24, 2.45) is 10.4 Å². The molecule has 0 aliphatic heterocycles. The number of guanidine groups is 1. The molecular formula is C45H55N5O11S. The fraction of sp³-hybridized carbons (Fsp3) is 0.422. The zero-order chi connectivity index (χ0) is 47.2. The van der Waals surface area contributed by atoms with E-state index in [1.807, 2.05) is 4.90 Å². The maximum Gasteiger partial charge on any atom is 0.414 e. The van der Waals surface area contributed by atoms with E-state index in [0.717, 1.165) is 5.56 Å². The molecule has 16 nitrogen and oxygen atoms in total. The molecule has 4 rings (SSSR count). The van der Waals surface area contributed by atoms with Crippen molar-refractivity contribution >= 4 is 70.3 Å². The summed E-state index contributed by atoms with van der Waals surface area (Å²) in [6, 6.07) is 16.7. The Labute approximate surface area is 365 Å². The fourth-order valence-electron chi connectivity index (χ4n) is 5.19. The van der Waals surface area contributed by atoms with Gasteiger partial charge in [0.2, 0.25) is 5.96 Å². The van der Waals surface area contributed by atoms with Gasteiger partial charge in [-0.15, -0.1) is 11.3 Å². The molecule has 0 saturated heterocycles. The highest BCUT2D eigenvalue weighted by atomic mass is 32.1. The molecule has 0 bridgehead atoms. The van der Waals surface area contributed by atoms with Gasteiger partial charge in [0.1, 0.15) is 22.6 Å². The highest BCUT2D eigenvalue weighted by Gasteiger charge is 2.32. The van der Waals surface area contributed by atoms with E-state index in [1.54, 1.807) is 83.2 Å². The quantitative estimate of drug-likeness (QED) is 0.0771. The van der Waals surface area contributed by atoms with Gasteiger partial charge in [-0.1, -0.05) is 47.6 Å². The number of rotatable bonds is 7. The molecule has 3 amide bonds. The van der Waals surface area contributed by atoms with Crippen LogP contribution in [0.25, 0.3) is 10.9 Å². The zero-order valence-corrected chi connectivity index (χ0v) is 38.2. The lowest BCUT2D eigenvalue weighted by Gasteiger charge is -2.37. The second-order valence-electron chi connectivity index (χ2n) is 17.9. The summed E-state index contributed by atoms with van der Waals surface area (Å²) in [5, 5.41) is 7.67. The number of benzene rings is 2. The van der Waals surface area contributed by atoms with Crippen LogP contribution in [0.4, 0.5) is 15.3 Å². The number of fused-ring (bicyclic) bond motifs is 1. The first-order chi connectivity index (χ1) is 28.6. The molecule has 0 aliphatic rings. The number of hydrogen-bond donors (Lipinski definition) is 2. The van der Waals surface area contributed by atoms with Crippen LogP contribution in [-0.4, -0.2) is 69.5 Å². The fourth-order valence-corrected chi connectivity index (χ4v) is 6.18. The minimum atomic E-state index is -0.832. The Balaban J connectivity index is 0.00000208. The highest BCUT2D eigenvalue weighted by Crippen LogP contribution is 2.32. The number of nitrogens with one attached hydrogen (secondary N) is 2. The summed E-state index contributed by atoms with van der Waals surface area (Å²) in [5.74, 6) is -0.707. The van der Waals surface area contributed by atoms with E-state index in [2.05, 4.69) is 75.5 Å². The van der Waals surface area contributed by atoms with Gasteiger partial charge in [-0.3, -0.25) is 15.4 Å². The SMILES string of the molecule is C[C@H](N(Cc1csc(C(C)(C)C)c1)C(=O)c1ccc2cc(OC(=O)c3ccc(N=C(NC(=O)OC(C)(C)C)NC(=O)OC(C)(C)C)cc3)ccc2n1)C(C)(C)C.O=C=O.O=C=O. The van der Waals surface area contributed by atoms with Crippen LogP contribution < -0.4 is 15.4 Å². The van der Waals surface area contributed by atoms with Crippen LogP contribution in [0.3, 0.4) is 0 Å². The predicted molar refractivity (Wildman–Crippen MR) is 231 cm³/mol. The van der Waals surface area contributed by atoms with Crippen molar-refractivity contribution in [3.8, 4) is 5.75 Å². The van der Waals surface area contributed by atoms with E-state index < -0.39 is 29.4 Å². The lowest BCUT2D eigenvalue weighted by atomic mass is 9.86. The topological polar surface area (TPSA) is 217 Å². The lowest BCUT2D eigenvalue weighted by molar-refractivity contribution is -0.193. The number of pyridine rings is 1. The van der Waals surface area contributed by atoms with Crippen molar-refractivity contribution < 1.29 is 52.6 Å². The average Bonchev–Trinajstić information content (AvgIpc) is 3.62. The maximum atomic E-state index is 14.1. The molecule has 0 saturated carbocycles. The van der Waals surface area contributed by atoms with Crippen molar-refractivity contribution in [3.63, 3.8) is 0 Å². The Morgan fingerprint density at radius 1 is 0.758 bits per heavy atom. The van der Waals surface area contributed by atoms with Crippen LogP contribution in [-0.2, 0) is 40.6 Å². The van der Waals surface area contributed by atoms with E-state index in [0.29, 0.717) is 34.6 Å². The van der Waals surface area contributed by atoms with Crippen molar-refractivity contribution in [2.45, 2.75) is 119 Å². The van der Waals surface area contributed by atoms with Gasteiger partial charge in [-0.25, -0.2) is 24.4 Å². The molecule has 0 unspecified atom stereocenters. The van der Waals surface area contributed by atoms with Crippen molar-refractivity contribution in [1.82, 2.24) is 20.5 Å². The van der Waals surface area contributed by atoms with Crippen LogP contribution in [0, 0.1) is 5.41 Å². The third kappa shape index (κ3) is 17.2. The van der Waals surface area contributed by atoms with E-state index >= 15 is 0 Å². The highest BCUT2D eigenvalue weighted by molar-refractivity contribution is 7.10. The third-order valence-electron chi connectivity index (χ3n) is 8.40. The van der Waals surface area contributed by atoms with Gasteiger partial charge in [0.15, 0.2) is 0 Å². The summed E-state index contributed by atoms with van der Waals surface area (Å²) in [6.45, 7) is 25.7.